The number of ketones is 4. The first-order valence-corrected chi connectivity index (χ1v) is 14.7. The summed E-state index contributed by atoms with van der Waals surface area (Å²) < 4.78 is 0. The number of benzene rings is 2. The van der Waals surface area contributed by atoms with Gasteiger partial charge in [0.05, 0.1) is 11.4 Å². The summed E-state index contributed by atoms with van der Waals surface area (Å²) in [5.74, 6) is -1.39. The van der Waals surface area contributed by atoms with Gasteiger partial charge in [0.15, 0.2) is 21.8 Å². The van der Waals surface area contributed by atoms with Crippen LogP contribution in [0, 0.1) is 0 Å². The van der Waals surface area contributed by atoms with Gasteiger partial charge in [-0.25, -0.2) is 9.97 Å². The third kappa shape index (κ3) is 5.85. The Morgan fingerprint density at radius 2 is 1.00 bits per heavy atom. The molecule has 4 aromatic rings. The molecule has 0 saturated carbocycles. The smallest absolute Gasteiger partial charge is 0.246 e. The summed E-state index contributed by atoms with van der Waals surface area (Å²) in [6.07, 6.45) is 10.3. The fourth-order valence-corrected chi connectivity index (χ4v) is 6.23. The van der Waals surface area contributed by atoms with Crippen LogP contribution >= 0.6 is 22.7 Å². The van der Waals surface area contributed by atoms with Crippen LogP contribution < -0.4 is 10.6 Å². The standard InChI is InChI=1S/C32H22N4O4S2/c37-23-15-11-21(12-16-23)33-31-35-25(19-7-3-1-4-8-19)29(41-31)27(39)28(40)30-26(20-9-5-2-6-10-20)36-32(42-30)34-22-13-17-24(38)18-14-22/h1-15,17H,16,18H2,(H,33,35)(H,34,36). The van der Waals surface area contributed by atoms with E-state index in [2.05, 4.69) is 20.6 Å². The lowest BCUT2D eigenvalue weighted by Gasteiger charge is -2.06. The molecule has 2 aromatic heterocycles. The minimum atomic E-state index is -0.697. The van der Waals surface area contributed by atoms with Gasteiger partial charge in [0.25, 0.3) is 0 Å². The van der Waals surface area contributed by atoms with Crippen molar-refractivity contribution in [2.75, 3.05) is 10.6 Å². The second kappa shape index (κ2) is 11.8. The number of thiazole rings is 2. The van der Waals surface area contributed by atoms with Crippen molar-refractivity contribution in [2.45, 2.75) is 12.8 Å². The molecular weight excluding hydrogens is 569 g/mol. The van der Waals surface area contributed by atoms with E-state index in [4.69, 9.17) is 0 Å². The second-order valence-electron chi connectivity index (χ2n) is 9.36. The molecule has 2 aromatic carbocycles. The number of carbonyl (C=O) groups is 4. The highest BCUT2D eigenvalue weighted by atomic mass is 32.1. The molecule has 2 aliphatic carbocycles. The average Bonchev–Trinajstić information content (AvgIpc) is 3.64. The van der Waals surface area contributed by atoms with Crippen molar-refractivity contribution in [3.63, 3.8) is 0 Å². The molecule has 2 aliphatic rings. The molecule has 206 valence electrons. The van der Waals surface area contributed by atoms with Gasteiger partial charge in [0, 0.05) is 35.4 Å². The van der Waals surface area contributed by atoms with Gasteiger partial charge in [-0.3, -0.25) is 19.2 Å². The van der Waals surface area contributed by atoms with Crippen LogP contribution in [0.1, 0.15) is 32.2 Å². The molecule has 8 nitrogen and oxygen atoms in total. The molecule has 10 heteroatoms. The number of rotatable bonds is 9. The molecule has 0 aliphatic heterocycles. The molecule has 6 rings (SSSR count). The Bertz CT molecular complexity index is 1710. The first kappa shape index (κ1) is 27.1. The van der Waals surface area contributed by atoms with Crippen LogP contribution in [0.4, 0.5) is 10.3 Å². The third-order valence-electron chi connectivity index (χ3n) is 6.41. The van der Waals surface area contributed by atoms with Gasteiger partial charge >= 0.3 is 0 Å². The fourth-order valence-electron chi connectivity index (χ4n) is 4.34. The van der Waals surface area contributed by atoms with Crippen molar-refractivity contribution in [1.29, 1.82) is 0 Å². The van der Waals surface area contributed by atoms with E-state index in [1.54, 1.807) is 24.3 Å². The van der Waals surface area contributed by atoms with Crippen molar-refractivity contribution < 1.29 is 19.2 Å². The lowest BCUT2D eigenvalue weighted by molar-refractivity contribution is -0.114. The number of aromatic nitrogens is 2. The summed E-state index contributed by atoms with van der Waals surface area (Å²) >= 11 is 2.17. The summed E-state index contributed by atoms with van der Waals surface area (Å²) in [7, 11) is 0. The highest BCUT2D eigenvalue weighted by Gasteiger charge is 2.30. The largest absolute Gasteiger partial charge is 0.332 e. The van der Waals surface area contributed by atoms with Gasteiger partial charge in [-0.1, -0.05) is 95.5 Å². The van der Waals surface area contributed by atoms with E-state index in [0.29, 0.717) is 44.2 Å². The summed E-state index contributed by atoms with van der Waals surface area (Å²) in [4.78, 5) is 60.7. The van der Waals surface area contributed by atoms with Gasteiger partial charge in [0.1, 0.15) is 9.75 Å². The Kier molecular flexibility index (Phi) is 7.63. The maximum absolute atomic E-state index is 13.9. The molecule has 42 heavy (non-hydrogen) atoms. The van der Waals surface area contributed by atoms with E-state index < -0.39 is 11.6 Å². The molecule has 0 unspecified atom stereocenters. The monoisotopic (exact) mass is 590 g/mol. The zero-order chi connectivity index (χ0) is 29.1. The van der Waals surface area contributed by atoms with Gasteiger partial charge in [-0.05, 0) is 24.3 Å². The normalized spacial score (nSPS) is 14.4. The van der Waals surface area contributed by atoms with Crippen molar-refractivity contribution in [2.24, 2.45) is 0 Å². The van der Waals surface area contributed by atoms with Crippen LogP contribution in [0.15, 0.2) is 109 Å². The van der Waals surface area contributed by atoms with Crippen LogP contribution in [-0.2, 0) is 9.59 Å². The van der Waals surface area contributed by atoms with Crippen molar-refractivity contribution in [1.82, 2.24) is 9.97 Å². The SMILES string of the molecule is O=C1C=CC(Nc2nc(-c3ccccc3)c(C(=O)C(=O)c3sc(NC4=CCC(=O)C=C4)nc3-c3ccccc3)s2)=CC1. The maximum atomic E-state index is 13.9. The van der Waals surface area contributed by atoms with E-state index in [1.807, 2.05) is 60.7 Å². The number of hydrogen-bond donors (Lipinski definition) is 2. The Morgan fingerprint density at radius 3 is 1.36 bits per heavy atom. The molecule has 0 atom stereocenters. The number of hydrogen-bond acceptors (Lipinski definition) is 10. The average molecular weight is 591 g/mol. The quantitative estimate of drug-likeness (QED) is 0.164. The Hall–Kier alpha value is -5.06. The van der Waals surface area contributed by atoms with Gasteiger partial charge in [-0.2, -0.15) is 0 Å². The van der Waals surface area contributed by atoms with Crippen LogP contribution in [0.2, 0.25) is 0 Å². The number of Topliss-reactive ketones (excluding diaryl/α,β-unsaturated/α-hetero) is 2. The lowest BCUT2D eigenvalue weighted by atomic mass is 10.0. The minimum absolute atomic E-state index is 0.00283. The van der Waals surface area contributed by atoms with E-state index in [0.717, 1.165) is 22.7 Å². The van der Waals surface area contributed by atoms with Crippen molar-refractivity contribution >= 4 is 56.1 Å². The number of allylic oxidation sites excluding steroid dienone is 6. The van der Waals surface area contributed by atoms with E-state index in [9.17, 15) is 19.2 Å². The summed E-state index contributed by atoms with van der Waals surface area (Å²) in [6, 6.07) is 18.4. The zero-order valence-corrected chi connectivity index (χ0v) is 23.6. The predicted octanol–water partition coefficient (Wildman–Crippen LogP) is 6.65. The Labute approximate surface area is 248 Å². The van der Waals surface area contributed by atoms with E-state index in [-0.39, 0.29) is 34.2 Å². The summed E-state index contributed by atoms with van der Waals surface area (Å²) in [6.45, 7) is 0. The molecule has 2 heterocycles. The highest BCUT2D eigenvalue weighted by Crippen LogP contribution is 2.37. The van der Waals surface area contributed by atoms with Gasteiger partial charge < -0.3 is 10.6 Å². The zero-order valence-electron chi connectivity index (χ0n) is 22.0. The first-order valence-electron chi connectivity index (χ1n) is 13.0. The second-order valence-corrected chi connectivity index (χ2v) is 11.4. The fraction of sp³-hybridized carbons (Fsp3) is 0.0625. The Morgan fingerprint density at radius 1 is 0.595 bits per heavy atom. The van der Waals surface area contributed by atoms with Crippen molar-refractivity contribution in [3.05, 3.63) is 118 Å². The summed E-state index contributed by atoms with van der Waals surface area (Å²) in [5.41, 5.74) is 3.55. The van der Waals surface area contributed by atoms with Crippen LogP contribution in [0.5, 0.6) is 0 Å². The number of nitrogens with one attached hydrogen (secondary N) is 2. The van der Waals surface area contributed by atoms with Crippen LogP contribution in [0.25, 0.3) is 22.5 Å². The molecule has 0 saturated heterocycles. The van der Waals surface area contributed by atoms with Crippen LogP contribution in [-0.4, -0.2) is 33.1 Å². The highest BCUT2D eigenvalue weighted by molar-refractivity contribution is 7.21. The number of carbonyl (C=O) groups excluding carboxylic acids is 4. The van der Waals surface area contributed by atoms with E-state index in [1.165, 1.54) is 12.2 Å². The van der Waals surface area contributed by atoms with Crippen LogP contribution in [0.3, 0.4) is 0 Å². The molecule has 0 fully saturated rings. The molecule has 0 spiro atoms. The van der Waals surface area contributed by atoms with Gasteiger partial charge in [0.2, 0.25) is 11.6 Å². The topological polar surface area (TPSA) is 118 Å². The molecule has 0 radical (unpaired) electrons. The lowest BCUT2D eigenvalue weighted by Crippen LogP contribution is -2.14. The molecule has 2 N–H and O–H groups in total. The number of anilines is 2. The molecular formula is C32H22N4O4S2. The number of nitrogens with zero attached hydrogens (tertiary/aromatic N) is 2. The van der Waals surface area contributed by atoms with E-state index >= 15 is 0 Å². The maximum Gasteiger partial charge on any atom is 0.246 e. The Balaban J connectivity index is 1.37. The molecule has 0 bridgehead atoms. The minimum Gasteiger partial charge on any atom is -0.332 e. The summed E-state index contributed by atoms with van der Waals surface area (Å²) in [5, 5.41) is 7.18. The van der Waals surface area contributed by atoms with Gasteiger partial charge in [-0.15, -0.1) is 0 Å². The predicted molar refractivity (Wildman–Crippen MR) is 165 cm³/mol. The van der Waals surface area contributed by atoms with Crippen molar-refractivity contribution in [3.8, 4) is 22.5 Å². The third-order valence-corrected chi connectivity index (χ3v) is 8.35. The molecule has 0 amide bonds. The first-order chi connectivity index (χ1) is 20.4.